The van der Waals surface area contributed by atoms with Gasteiger partial charge in [0, 0.05) is 30.2 Å². The van der Waals surface area contributed by atoms with E-state index in [0.29, 0.717) is 23.1 Å². The fourth-order valence-electron chi connectivity index (χ4n) is 4.33. The minimum absolute atomic E-state index is 0.0869. The Morgan fingerprint density at radius 3 is 2.74 bits per heavy atom. The lowest BCUT2D eigenvalue weighted by atomic mass is 9.96. The van der Waals surface area contributed by atoms with Crippen molar-refractivity contribution in [3.05, 3.63) is 87.2 Å². The molecule has 2 heterocycles. The monoisotopic (exact) mass is 478 g/mol. The number of piperidine rings is 1. The van der Waals surface area contributed by atoms with Gasteiger partial charge in [0.15, 0.2) is 0 Å². The molecule has 0 radical (unpaired) electrons. The van der Waals surface area contributed by atoms with Gasteiger partial charge >= 0.3 is 0 Å². The number of carbonyl (C=O) groups excluding carboxylic acids is 1. The fraction of sp³-hybridized carbons (Fsp3) is 0.370. The molecule has 4 rings (SSSR count). The SMILES string of the molecule is Cc1ccc(-n2nc(N3CCC[C@@H](C(=O)N[C@H](C)CCc4ccccc4)C3)ccc2=O)cc1Cl. The average Bonchev–Trinajstić information content (AvgIpc) is 2.85. The average molecular weight is 479 g/mol. The molecule has 3 aromatic rings. The molecule has 0 unspecified atom stereocenters. The Balaban J connectivity index is 1.40. The van der Waals surface area contributed by atoms with E-state index in [1.54, 1.807) is 12.1 Å². The van der Waals surface area contributed by atoms with Crippen LogP contribution >= 0.6 is 11.6 Å². The van der Waals surface area contributed by atoms with E-state index in [0.717, 1.165) is 37.8 Å². The summed E-state index contributed by atoms with van der Waals surface area (Å²) in [5.41, 5.74) is 2.63. The van der Waals surface area contributed by atoms with Crippen molar-refractivity contribution < 1.29 is 4.79 Å². The number of aromatic nitrogens is 2. The summed E-state index contributed by atoms with van der Waals surface area (Å²) in [5, 5.41) is 8.38. The Labute approximate surface area is 205 Å². The first-order chi connectivity index (χ1) is 16.4. The molecule has 0 aliphatic carbocycles. The van der Waals surface area contributed by atoms with Crippen LogP contribution in [0.5, 0.6) is 0 Å². The molecule has 34 heavy (non-hydrogen) atoms. The molecule has 1 aliphatic rings. The summed E-state index contributed by atoms with van der Waals surface area (Å²) >= 11 is 6.26. The molecule has 1 N–H and O–H groups in total. The zero-order chi connectivity index (χ0) is 24.1. The van der Waals surface area contributed by atoms with Crippen molar-refractivity contribution in [3.63, 3.8) is 0 Å². The summed E-state index contributed by atoms with van der Waals surface area (Å²) < 4.78 is 1.37. The second-order valence-corrected chi connectivity index (χ2v) is 9.50. The first-order valence-electron chi connectivity index (χ1n) is 11.9. The number of hydrogen-bond donors (Lipinski definition) is 1. The number of nitrogens with zero attached hydrogens (tertiary/aromatic N) is 3. The van der Waals surface area contributed by atoms with Crippen molar-refractivity contribution in [3.8, 4) is 5.69 Å². The number of aryl methyl sites for hydroxylation is 2. The minimum atomic E-state index is -0.220. The van der Waals surface area contributed by atoms with Crippen LogP contribution in [0.1, 0.15) is 37.3 Å². The molecule has 1 amide bonds. The van der Waals surface area contributed by atoms with Gasteiger partial charge < -0.3 is 10.2 Å². The molecule has 0 saturated carbocycles. The van der Waals surface area contributed by atoms with Crippen molar-refractivity contribution in [1.29, 1.82) is 0 Å². The molecule has 6 nitrogen and oxygen atoms in total. The van der Waals surface area contributed by atoms with E-state index in [2.05, 4.69) is 34.4 Å². The van der Waals surface area contributed by atoms with E-state index in [4.69, 9.17) is 11.6 Å². The number of benzene rings is 2. The van der Waals surface area contributed by atoms with Crippen LogP contribution in [-0.2, 0) is 11.2 Å². The van der Waals surface area contributed by atoms with Gasteiger partial charge in [0.05, 0.1) is 11.6 Å². The van der Waals surface area contributed by atoms with Crippen LogP contribution in [0.4, 0.5) is 5.82 Å². The summed E-state index contributed by atoms with van der Waals surface area (Å²) in [7, 11) is 0. The van der Waals surface area contributed by atoms with Gasteiger partial charge in [-0.2, -0.15) is 4.68 Å². The summed E-state index contributed by atoms with van der Waals surface area (Å²) in [6, 6.07) is 19.1. The van der Waals surface area contributed by atoms with Crippen LogP contribution in [0.15, 0.2) is 65.5 Å². The first-order valence-corrected chi connectivity index (χ1v) is 12.2. The highest BCUT2D eigenvalue weighted by atomic mass is 35.5. The smallest absolute Gasteiger partial charge is 0.271 e. The predicted octanol–water partition coefficient (Wildman–Crippen LogP) is 4.55. The number of hydrogen-bond acceptors (Lipinski definition) is 4. The van der Waals surface area contributed by atoms with Crippen LogP contribution in [0.25, 0.3) is 5.69 Å². The molecule has 1 saturated heterocycles. The maximum Gasteiger partial charge on any atom is 0.271 e. The number of carbonyl (C=O) groups is 1. The Morgan fingerprint density at radius 1 is 1.18 bits per heavy atom. The van der Waals surface area contributed by atoms with Crippen LogP contribution < -0.4 is 15.8 Å². The zero-order valence-corrected chi connectivity index (χ0v) is 20.5. The maximum atomic E-state index is 13.0. The zero-order valence-electron chi connectivity index (χ0n) is 19.7. The number of amides is 1. The molecule has 1 aromatic heterocycles. The van der Waals surface area contributed by atoms with E-state index in [9.17, 15) is 9.59 Å². The van der Waals surface area contributed by atoms with Gasteiger partial charge in [-0.3, -0.25) is 9.59 Å². The van der Waals surface area contributed by atoms with Crippen molar-refractivity contribution in [1.82, 2.24) is 15.1 Å². The molecular formula is C27H31ClN4O2. The Kier molecular flexibility index (Phi) is 7.68. The summed E-state index contributed by atoms with van der Waals surface area (Å²) in [6.45, 7) is 5.36. The third kappa shape index (κ3) is 5.86. The molecule has 1 aliphatic heterocycles. The molecule has 7 heteroatoms. The lowest BCUT2D eigenvalue weighted by Crippen LogP contribution is -2.46. The topological polar surface area (TPSA) is 67.2 Å². The van der Waals surface area contributed by atoms with Gasteiger partial charge in [-0.15, -0.1) is 5.10 Å². The van der Waals surface area contributed by atoms with Crippen LogP contribution in [0.3, 0.4) is 0 Å². The highest BCUT2D eigenvalue weighted by Crippen LogP contribution is 2.23. The van der Waals surface area contributed by atoms with Crippen LogP contribution in [0, 0.1) is 12.8 Å². The van der Waals surface area contributed by atoms with Gasteiger partial charge in [0.2, 0.25) is 5.91 Å². The summed E-state index contributed by atoms with van der Waals surface area (Å²) in [5.74, 6) is 0.666. The lowest BCUT2D eigenvalue weighted by molar-refractivity contribution is -0.125. The summed E-state index contributed by atoms with van der Waals surface area (Å²) in [4.78, 5) is 27.6. The van der Waals surface area contributed by atoms with Crippen molar-refractivity contribution in [2.45, 2.75) is 45.6 Å². The van der Waals surface area contributed by atoms with E-state index < -0.39 is 0 Å². The van der Waals surface area contributed by atoms with Gasteiger partial charge in [-0.1, -0.05) is 48.0 Å². The molecular weight excluding hydrogens is 448 g/mol. The largest absolute Gasteiger partial charge is 0.354 e. The highest BCUT2D eigenvalue weighted by molar-refractivity contribution is 6.31. The summed E-state index contributed by atoms with van der Waals surface area (Å²) in [6.07, 6.45) is 3.58. The molecule has 2 aromatic carbocycles. The molecule has 2 atom stereocenters. The molecule has 0 spiro atoms. The number of nitrogens with one attached hydrogen (secondary N) is 1. The Morgan fingerprint density at radius 2 is 1.97 bits per heavy atom. The number of anilines is 1. The minimum Gasteiger partial charge on any atom is -0.354 e. The van der Waals surface area contributed by atoms with Crippen molar-refractivity contribution in [2.75, 3.05) is 18.0 Å². The van der Waals surface area contributed by atoms with Gasteiger partial charge in [0.25, 0.3) is 5.56 Å². The van der Waals surface area contributed by atoms with Gasteiger partial charge in [-0.25, -0.2) is 0 Å². The highest BCUT2D eigenvalue weighted by Gasteiger charge is 2.27. The normalized spacial score (nSPS) is 16.8. The quantitative estimate of drug-likeness (QED) is 0.541. The van der Waals surface area contributed by atoms with E-state index in [1.807, 2.05) is 37.3 Å². The number of halogens is 1. The maximum absolute atomic E-state index is 13.0. The second-order valence-electron chi connectivity index (χ2n) is 9.09. The van der Waals surface area contributed by atoms with Crippen LogP contribution in [0.2, 0.25) is 5.02 Å². The molecule has 0 bridgehead atoms. The lowest BCUT2D eigenvalue weighted by Gasteiger charge is -2.33. The van der Waals surface area contributed by atoms with Gasteiger partial charge in [0.1, 0.15) is 5.82 Å². The van der Waals surface area contributed by atoms with Crippen LogP contribution in [-0.4, -0.2) is 34.8 Å². The predicted molar refractivity (Wildman–Crippen MR) is 137 cm³/mol. The van der Waals surface area contributed by atoms with Crippen molar-refractivity contribution >= 4 is 23.3 Å². The Hall–Kier alpha value is -3.12. The fourth-order valence-corrected chi connectivity index (χ4v) is 4.50. The molecule has 1 fully saturated rings. The Bertz CT molecular complexity index is 1190. The molecule has 178 valence electrons. The third-order valence-corrected chi connectivity index (χ3v) is 6.81. The number of rotatable bonds is 7. The third-order valence-electron chi connectivity index (χ3n) is 6.40. The van der Waals surface area contributed by atoms with Crippen molar-refractivity contribution in [2.24, 2.45) is 5.92 Å². The van der Waals surface area contributed by atoms with E-state index in [1.165, 1.54) is 16.3 Å². The second kappa shape index (κ2) is 10.9. The standard InChI is InChI=1S/C27H31ClN4O2/c1-19-10-13-23(17-24(19)28)32-26(33)15-14-25(30-32)31-16-6-9-22(18-31)27(34)29-20(2)11-12-21-7-4-3-5-8-21/h3-5,7-8,10,13-15,17,20,22H,6,9,11-12,16,18H2,1-2H3,(H,29,34)/t20-,22-/m1/s1. The first kappa shape index (κ1) is 24.0. The van der Waals surface area contributed by atoms with E-state index >= 15 is 0 Å². The van der Waals surface area contributed by atoms with Gasteiger partial charge in [-0.05, 0) is 68.9 Å². The van der Waals surface area contributed by atoms with E-state index in [-0.39, 0.29) is 23.4 Å².